The number of likely N-dealkylation sites (tertiary alicyclic amines) is 1. The molecule has 10 heteroatoms. The van der Waals surface area contributed by atoms with Gasteiger partial charge < -0.3 is 19.5 Å². The summed E-state index contributed by atoms with van der Waals surface area (Å²) in [6.45, 7) is 2.20. The zero-order valence-corrected chi connectivity index (χ0v) is 17.1. The van der Waals surface area contributed by atoms with Crippen LogP contribution in [0, 0.1) is 5.92 Å². The third kappa shape index (κ3) is 6.16. The van der Waals surface area contributed by atoms with Crippen LogP contribution in [0.15, 0.2) is 24.4 Å². The fraction of sp³-hybridized carbons (Fsp3) is 0.667. The minimum absolute atomic E-state index is 0.00284. The van der Waals surface area contributed by atoms with Crippen molar-refractivity contribution in [3.63, 3.8) is 0 Å². The Morgan fingerprint density at radius 3 is 2.52 bits per heavy atom. The van der Waals surface area contributed by atoms with Gasteiger partial charge in [-0.15, -0.1) is 0 Å². The third-order valence-electron chi connectivity index (χ3n) is 5.89. The first kappa shape index (κ1) is 23.5. The molecule has 1 aliphatic carbocycles. The number of carboxylic acids is 1. The van der Waals surface area contributed by atoms with Gasteiger partial charge in [-0.25, -0.2) is 4.79 Å². The van der Waals surface area contributed by atoms with E-state index in [0.29, 0.717) is 18.2 Å². The van der Waals surface area contributed by atoms with Crippen molar-refractivity contribution in [2.75, 3.05) is 19.8 Å². The number of halogens is 3. The first-order valence-corrected chi connectivity index (χ1v) is 10.5. The van der Waals surface area contributed by atoms with Crippen molar-refractivity contribution in [1.29, 1.82) is 0 Å². The molecule has 0 spiro atoms. The van der Waals surface area contributed by atoms with Crippen molar-refractivity contribution in [3.8, 4) is 0 Å². The van der Waals surface area contributed by atoms with Crippen molar-refractivity contribution in [1.82, 2.24) is 9.88 Å². The zero-order valence-electron chi connectivity index (χ0n) is 17.1. The van der Waals surface area contributed by atoms with E-state index in [-0.39, 0.29) is 24.2 Å². The number of ether oxygens (including phenoxy) is 2. The normalized spacial score (nSPS) is 26.2. The monoisotopic (exact) mass is 444 g/mol. The number of hydrogen-bond donors (Lipinski definition) is 1. The highest BCUT2D eigenvalue weighted by molar-refractivity contribution is 5.92. The molecule has 2 aliphatic heterocycles. The Morgan fingerprint density at radius 2 is 1.90 bits per heavy atom. The molecule has 4 rings (SSSR count). The SMILES string of the molecule is O=C(O)C(F)(F)F.O=C(c1ccccn1)N1C[C@H](OCC2CCCC2)[C@H]2OCCC[C@H]21. The highest BCUT2D eigenvalue weighted by Gasteiger charge is 2.47. The van der Waals surface area contributed by atoms with Crippen LogP contribution in [-0.4, -0.2) is 71.1 Å². The van der Waals surface area contributed by atoms with Gasteiger partial charge in [-0.05, 0) is 43.7 Å². The van der Waals surface area contributed by atoms with Gasteiger partial charge in [0.05, 0.1) is 12.6 Å². The van der Waals surface area contributed by atoms with Crippen molar-refractivity contribution < 1.29 is 37.3 Å². The average Bonchev–Trinajstić information content (AvgIpc) is 3.40. The number of carbonyl (C=O) groups excluding carboxylic acids is 1. The predicted octanol–water partition coefficient (Wildman–Crippen LogP) is 3.29. The van der Waals surface area contributed by atoms with Crippen LogP contribution in [0.2, 0.25) is 0 Å². The summed E-state index contributed by atoms with van der Waals surface area (Å²) in [5.74, 6) is -2.07. The average molecular weight is 444 g/mol. The molecule has 3 heterocycles. The Morgan fingerprint density at radius 1 is 1.19 bits per heavy atom. The molecule has 0 unspecified atom stereocenters. The number of carbonyl (C=O) groups is 2. The zero-order chi connectivity index (χ0) is 22.4. The molecule has 1 amide bonds. The number of hydrogen-bond acceptors (Lipinski definition) is 5. The molecule has 31 heavy (non-hydrogen) atoms. The van der Waals surface area contributed by atoms with E-state index in [9.17, 15) is 18.0 Å². The quantitative estimate of drug-likeness (QED) is 0.767. The number of fused-ring (bicyclic) bond motifs is 1. The number of carboxylic acid groups (broad SMARTS) is 1. The summed E-state index contributed by atoms with van der Waals surface area (Å²) in [5, 5.41) is 7.12. The minimum Gasteiger partial charge on any atom is -0.475 e. The van der Waals surface area contributed by atoms with Gasteiger partial charge in [-0.1, -0.05) is 18.9 Å². The Kier molecular flexibility index (Phi) is 7.88. The number of amides is 1. The van der Waals surface area contributed by atoms with E-state index in [1.165, 1.54) is 25.7 Å². The fourth-order valence-electron chi connectivity index (χ4n) is 4.36. The molecule has 172 valence electrons. The summed E-state index contributed by atoms with van der Waals surface area (Å²) in [7, 11) is 0. The van der Waals surface area contributed by atoms with Gasteiger partial charge in [-0.3, -0.25) is 9.78 Å². The predicted molar refractivity (Wildman–Crippen MR) is 103 cm³/mol. The maximum absolute atomic E-state index is 12.9. The summed E-state index contributed by atoms with van der Waals surface area (Å²) in [6, 6.07) is 5.61. The van der Waals surface area contributed by atoms with Crippen LogP contribution < -0.4 is 0 Å². The standard InChI is InChI=1S/C19H26N2O3.C2HF3O2/c22-19(15-8-3-4-10-20-15)21-12-17(18-16(21)9-5-11-23-18)24-13-14-6-1-2-7-14;3-2(4,5)1(6)7/h3-4,8,10,14,16-18H,1-2,5-7,9,11-13H2;(H,6,7)/t16-,17+,18+;/m1./s1. The van der Waals surface area contributed by atoms with Gasteiger partial charge in [0.15, 0.2) is 0 Å². The molecule has 3 fully saturated rings. The van der Waals surface area contributed by atoms with Gasteiger partial charge in [0, 0.05) is 19.4 Å². The van der Waals surface area contributed by atoms with Gasteiger partial charge in [0.1, 0.15) is 17.9 Å². The Hall–Kier alpha value is -2.20. The van der Waals surface area contributed by atoms with Crippen molar-refractivity contribution in [2.45, 2.75) is 63.0 Å². The lowest BCUT2D eigenvalue weighted by Gasteiger charge is -2.32. The van der Waals surface area contributed by atoms with E-state index >= 15 is 0 Å². The van der Waals surface area contributed by atoms with Crippen molar-refractivity contribution in [3.05, 3.63) is 30.1 Å². The molecule has 1 N–H and O–H groups in total. The molecule has 0 radical (unpaired) electrons. The smallest absolute Gasteiger partial charge is 0.475 e. The first-order chi connectivity index (χ1) is 14.8. The van der Waals surface area contributed by atoms with Crippen LogP contribution in [-0.2, 0) is 14.3 Å². The van der Waals surface area contributed by atoms with E-state index < -0.39 is 12.1 Å². The summed E-state index contributed by atoms with van der Waals surface area (Å²) in [5.41, 5.74) is 0.512. The van der Waals surface area contributed by atoms with E-state index in [2.05, 4.69) is 4.98 Å². The van der Waals surface area contributed by atoms with Crippen LogP contribution in [0.3, 0.4) is 0 Å². The van der Waals surface area contributed by atoms with Crippen molar-refractivity contribution >= 4 is 11.9 Å². The van der Waals surface area contributed by atoms with E-state index in [4.69, 9.17) is 19.4 Å². The molecule has 2 saturated heterocycles. The maximum atomic E-state index is 12.9. The number of aromatic nitrogens is 1. The van der Waals surface area contributed by atoms with Crippen LogP contribution in [0.4, 0.5) is 13.2 Å². The summed E-state index contributed by atoms with van der Waals surface area (Å²) >= 11 is 0. The Bertz CT molecular complexity index is 740. The number of rotatable bonds is 4. The summed E-state index contributed by atoms with van der Waals surface area (Å²) < 4.78 is 44.0. The number of nitrogens with zero attached hydrogens (tertiary/aromatic N) is 2. The molecule has 0 aromatic carbocycles. The molecular weight excluding hydrogens is 417 g/mol. The second kappa shape index (κ2) is 10.4. The first-order valence-electron chi connectivity index (χ1n) is 10.5. The molecule has 1 saturated carbocycles. The molecule has 7 nitrogen and oxygen atoms in total. The lowest BCUT2D eigenvalue weighted by Crippen LogP contribution is -2.44. The van der Waals surface area contributed by atoms with Crippen molar-refractivity contribution in [2.24, 2.45) is 5.92 Å². The number of aliphatic carboxylic acids is 1. The van der Waals surface area contributed by atoms with E-state index in [1.807, 2.05) is 17.0 Å². The second-order valence-electron chi connectivity index (χ2n) is 8.04. The largest absolute Gasteiger partial charge is 0.490 e. The molecule has 3 atom stereocenters. The highest BCUT2D eigenvalue weighted by atomic mass is 19.4. The summed E-state index contributed by atoms with van der Waals surface area (Å²) in [4.78, 5) is 27.9. The van der Waals surface area contributed by atoms with Crippen LogP contribution in [0.25, 0.3) is 0 Å². The molecular formula is C21H27F3N2O5. The van der Waals surface area contributed by atoms with Gasteiger partial charge in [0.25, 0.3) is 5.91 Å². The van der Waals surface area contributed by atoms with Gasteiger partial charge in [0.2, 0.25) is 0 Å². The highest BCUT2D eigenvalue weighted by Crippen LogP contribution is 2.33. The Balaban J connectivity index is 0.000000339. The second-order valence-corrected chi connectivity index (χ2v) is 8.04. The van der Waals surface area contributed by atoms with Crippen LogP contribution in [0.1, 0.15) is 49.0 Å². The van der Waals surface area contributed by atoms with E-state index in [1.54, 1.807) is 12.3 Å². The van der Waals surface area contributed by atoms with Gasteiger partial charge in [-0.2, -0.15) is 13.2 Å². The fourth-order valence-corrected chi connectivity index (χ4v) is 4.36. The minimum atomic E-state index is -5.08. The molecule has 1 aromatic heterocycles. The summed E-state index contributed by atoms with van der Waals surface area (Å²) in [6.07, 6.45) is 3.81. The lowest BCUT2D eigenvalue weighted by atomic mass is 10.0. The molecule has 0 bridgehead atoms. The topological polar surface area (TPSA) is 89.0 Å². The Labute approximate surface area is 178 Å². The van der Waals surface area contributed by atoms with E-state index in [0.717, 1.165) is 26.1 Å². The van der Waals surface area contributed by atoms with Gasteiger partial charge >= 0.3 is 12.1 Å². The maximum Gasteiger partial charge on any atom is 0.490 e. The third-order valence-corrected chi connectivity index (χ3v) is 5.89. The lowest BCUT2D eigenvalue weighted by molar-refractivity contribution is -0.192. The number of alkyl halides is 3. The molecule has 3 aliphatic rings. The number of pyridine rings is 1. The molecule has 1 aromatic rings. The van der Waals surface area contributed by atoms with Crippen LogP contribution in [0.5, 0.6) is 0 Å². The van der Waals surface area contributed by atoms with Crippen LogP contribution >= 0.6 is 0 Å².